The summed E-state index contributed by atoms with van der Waals surface area (Å²) in [6.45, 7) is 4.51. The molecule has 0 N–H and O–H groups in total. The highest BCUT2D eigenvalue weighted by Gasteiger charge is 1.95. The molecule has 0 aliphatic heterocycles. The van der Waals surface area contributed by atoms with Crippen LogP contribution in [0, 0.1) is 0 Å². The van der Waals surface area contributed by atoms with Crippen molar-refractivity contribution in [1.82, 2.24) is 0 Å². The molecule has 0 bridgehead atoms. The highest BCUT2D eigenvalue weighted by molar-refractivity contribution is 5.71. The van der Waals surface area contributed by atoms with Crippen LogP contribution in [-0.4, -0.2) is 12.6 Å². The third-order valence-electron chi connectivity index (χ3n) is 1.98. The largest absolute Gasteiger partial charge is 0.466 e. The van der Waals surface area contributed by atoms with Gasteiger partial charge in [-0.1, -0.05) is 38.3 Å². The van der Waals surface area contributed by atoms with Crippen LogP contribution in [0.3, 0.4) is 0 Å². The van der Waals surface area contributed by atoms with Gasteiger partial charge < -0.3 is 4.74 Å². The maximum atomic E-state index is 10.9. The van der Waals surface area contributed by atoms with E-state index in [1.807, 2.05) is 13.0 Å². The second-order valence-corrected chi connectivity index (χ2v) is 3.33. The van der Waals surface area contributed by atoms with E-state index in [0.29, 0.717) is 13.0 Å². The quantitative estimate of drug-likeness (QED) is 0.339. The van der Waals surface area contributed by atoms with Crippen LogP contribution in [0.4, 0.5) is 0 Å². The lowest BCUT2D eigenvalue weighted by atomic mass is 10.1. The van der Waals surface area contributed by atoms with Crippen LogP contribution in [0.2, 0.25) is 0 Å². The Labute approximate surface area is 87.3 Å². The molecule has 14 heavy (non-hydrogen) atoms. The summed E-state index contributed by atoms with van der Waals surface area (Å²) in [7, 11) is 0. The van der Waals surface area contributed by atoms with Gasteiger partial charge in [0.1, 0.15) is 0 Å². The van der Waals surface area contributed by atoms with Gasteiger partial charge in [-0.3, -0.25) is 4.79 Å². The van der Waals surface area contributed by atoms with Crippen molar-refractivity contribution in [2.75, 3.05) is 6.61 Å². The molecule has 0 spiro atoms. The molecular formula is C12H22O2. The molecule has 0 rings (SSSR count). The first-order chi connectivity index (χ1) is 6.81. The Kier molecular flexibility index (Phi) is 9.71. The van der Waals surface area contributed by atoms with Gasteiger partial charge in [-0.25, -0.2) is 0 Å². The monoisotopic (exact) mass is 198 g/mol. The fourth-order valence-electron chi connectivity index (χ4n) is 1.21. The standard InChI is InChI=1S/C12H22O2/c1-3-5-6-7-8-9-10-11-12(13)14-4-2/h9-10H,3-8,11H2,1-2H3/b10-9-. The molecule has 2 nitrogen and oxygen atoms in total. The fraction of sp³-hybridized carbons (Fsp3) is 0.750. The van der Waals surface area contributed by atoms with Crippen molar-refractivity contribution in [3.05, 3.63) is 12.2 Å². The Morgan fingerprint density at radius 3 is 2.57 bits per heavy atom. The summed E-state index contributed by atoms with van der Waals surface area (Å²) >= 11 is 0. The molecule has 0 radical (unpaired) electrons. The smallest absolute Gasteiger partial charge is 0.309 e. The molecule has 82 valence electrons. The van der Waals surface area contributed by atoms with Crippen molar-refractivity contribution in [2.45, 2.75) is 52.4 Å². The zero-order valence-corrected chi connectivity index (χ0v) is 9.42. The number of carbonyl (C=O) groups is 1. The Morgan fingerprint density at radius 1 is 1.14 bits per heavy atom. The topological polar surface area (TPSA) is 26.3 Å². The summed E-state index contributed by atoms with van der Waals surface area (Å²) < 4.78 is 4.80. The lowest BCUT2D eigenvalue weighted by Crippen LogP contribution is -2.01. The summed E-state index contributed by atoms with van der Waals surface area (Å²) in [6, 6.07) is 0. The molecule has 0 unspecified atom stereocenters. The van der Waals surface area contributed by atoms with Crippen LogP contribution >= 0.6 is 0 Å². The van der Waals surface area contributed by atoms with Crippen LogP contribution in [0.5, 0.6) is 0 Å². The third-order valence-corrected chi connectivity index (χ3v) is 1.98. The highest BCUT2D eigenvalue weighted by Crippen LogP contribution is 2.03. The average Bonchev–Trinajstić information content (AvgIpc) is 2.17. The van der Waals surface area contributed by atoms with E-state index in [-0.39, 0.29) is 5.97 Å². The summed E-state index contributed by atoms with van der Waals surface area (Å²) in [5, 5.41) is 0. The number of esters is 1. The van der Waals surface area contributed by atoms with E-state index in [9.17, 15) is 4.79 Å². The predicted molar refractivity (Wildman–Crippen MR) is 59.1 cm³/mol. The molecule has 0 fully saturated rings. The van der Waals surface area contributed by atoms with Crippen molar-refractivity contribution in [1.29, 1.82) is 0 Å². The maximum absolute atomic E-state index is 10.9. The Bertz CT molecular complexity index is 162. The van der Waals surface area contributed by atoms with Gasteiger partial charge >= 0.3 is 5.97 Å². The summed E-state index contributed by atoms with van der Waals surface area (Å²) in [4.78, 5) is 10.9. The molecule has 0 aromatic carbocycles. The van der Waals surface area contributed by atoms with Gasteiger partial charge in [0.25, 0.3) is 0 Å². The molecule has 0 amide bonds. The lowest BCUT2D eigenvalue weighted by molar-refractivity contribution is -0.142. The lowest BCUT2D eigenvalue weighted by Gasteiger charge is -1.97. The first-order valence-corrected chi connectivity index (χ1v) is 5.61. The van der Waals surface area contributed by atoms with Gasteiger partial charge in [0, 0.05) is 0 Å². The molecule has 2 heteroatoms. The van der Waals surface area contributed by atoms with Crippen molar-refractivity contribution in [2.24, 2.45) is 0 Å². The van der Waals surface area contributed by atoms with E-state index in [1.165, 1.54) is 25.7 Å². The number of carbonyl (C=O) groups excluding carboxylic acids is 1. The summed E-state index contributed by atoms with van der Waals surface area (Å²) in [5.74, 6) is -0.127. The van der Waals surface area contributed by atoms with Gasteiger partial charge in [-0.15, -0.1) is 0 Å². The number of hydrogen-bond acceptors (Lipinski definition) is 2. The number of hydrogen-bond donors (Lipinski definition) is 0. The second-order valence-electron chi connectivity index (χ2n) is 3.33. The number of rotatable bonds is 8. The Hall–Kier alpha value is -0.790. The first kappa shape index (κ1) is 13.2. The number of ether oxygens (including phenoxy) is 1. The molecule has 0 saturated carbocycles. The van der Waals surface area contributed by atoms with Crippen LogP contribution in [0.25, 0.3) is 0 Å². The summed E-state index contributed by atoms with van der Waals surface area (Å²) in [5.41, 5.74) is 0. The normalized spacial score (nSPS) is 10.7. The van der Waals surface area contributed by atoms with E-state index in [0.717, 1.165) is 6.42 Å². The fourth-order valence-corrected chi connectivity index (χ4v) is 1.21. The first-order valence-electron chi connectivity index (χ1n) is 5.61. The Morgan fingerprint density at radius 2 is 1.93 bits per heavy atom. The molecule has 0 heterocycles. The number of allylic oxidation sites excluding steroid dienone is 1. The molecule has 0 aliphatic carbocycles. The van der Waals surface area contributed by atoms with E-state index < -0.39 is 0 Å². The minimum Gasteiger partial charge on any atom is -0.466 e. The molecule has 0 saturated heterocycles. The van der Waals surface area contributed by atoms with Gasteiger partial charge in [-0.2, -0.15) is 0 Å². The Balaban J connectivity index is 3.22. The van der Waals surface area contributed by atoms with Crippen LogP contribution in [0.1, 0.15) is 52.4 Å². The zero-order valence-electron chi connectivity index (χ0n) is 9.42. The van der Waals surface area contributed by atoms with Crippen molar-refractivity contribution in [3.8, 4) is 0 Å². The van der Waals surface area contributed by atoms with Crippen molar-refractivity contribution in [3.63, 3.8) is 0 Å². The van der Waals surface area contributed by atoms with Crippen molar-refractivity contribution >= 4 is 5.97 Å². The molecule has 0 aliphatic rings. The molecule has 0 aromatic rings. The minimum absolute atomic E-state index is 0.127. The van der Waals surface area contributed by atoms with Crippen LogP contribution in [0.15, 0.2) is 12.2 Å². The van der Waals surface area contributed by atoms with Gasteiger partial charge in [0.05, 0.1) is 13.0 Å². The highest BCUT2D eigenvalue weighted by atomic mass is 16.5. The third kappa shape index (κ3) is 9.30. The van der Waals surface area contributed by atoms with Crippen molar-refractivity contribution < 1.29 is 9.53 Å². The van der Waals surface area contributed by atoms with E-state index in [1.54, 1.807) is 0 Å². The minimum atomic E-state index is -0.127. The second kappa shape index (κ2) is 10.3. The summed E-state index contributed by atoms with van der Waals surface area (Å²) in [6.07, 6.45) is 10.6. The van der Waals surface area contributed by atoms with E-state index >= 15 is 0 Å². The van der Waals surface area contributed by atoms with Crippen LogP contribution in [-0.2, 0) is 9.53 Å². The van der Waals surface area contributed by atoms with Crippen LogP contribution < -0.4 is 0 Å². The average molecular weight is 198 g/mol. The molecular weight excluding hydrogens is 176 g/mol. The van der Waals surface area contributed by atoms with E-state index in [4.69, 9.17) is 4.74 Å². The maximum Gasteiger partial charge on any atom is 0.309 e. The van der Waals surface area contributed by atoms with Gasteiger partial charge in [-0.05, 0) is 19.8 Å². The van der Waals surface area contributed by atoms with Gasteiger partial charge in [0.15, 0.2) is 0 Å². The zero-order chi connectivity index (χ0) is 10.6. The molecule has 0 atom stereocenters. The molecule has 0 aromatic heterocycles. The van der Waals surface area contributed by atoms with E-state index in [2.05, 4.69) is 13.0 Å². The predicted octanol–water partition coefficient (Wildman–Crippen LogP) is 3.47. The van der Waals surface area contributed by atoms with Gasteiger partial charge in [0.2, 0.25) is 0 Å². The number of unbranched alkanes of at least 4 members (excludes halogenated alkanes) is 4. The SMILES string of the molecule is CCCCCC/C=C\CC(=O)OCC.